The lowest BCUT2D eigenvalue weighted by molar-refractivity contribution is -0.135. The summed E-state index contributed by atoms with van der Waals surface area (Å²) in [6, 6.07) is 14.1. The Kier molecular flexibility index (Phi) is 6.00. The highest BCUT2D eigenvalue weighted by Crippen LogP contribution is 2.53. The number of aryl methyl sites for hydroxylation is 1. The first kappa shape index (κ1) is 24.9. The minimum absolute atomic E-state index is 0.210. The molecule has 9 nitrogen and oxygen atoms in total. The highest BCUT2D eigenvalue weighted by molar-refractivity contribution is 5.93. The van der Waals surface area contributed by atoms with E-state index in [0.29, 0.717) is 30.4 Å². The van der Waals surface area contributed by atoms with Gasteiger partial charge in [-0.05, 0) is 62.4 Å². The predicted octanol–water partition coefficient (Wildman–Crippen LogP) is 2.98. The highest BCUT2D eigenvalue weighted by Gasteiger charge is 2.41. The smallest absolute Gasteiger partial charge is 0.269 e. The molecule has 7 rings (SSSR count). The van der Waals surface area contributed by atoms with E-state index in [9.17, 15) is 14.7 Å². The first-order valence-electron chi connectivity index (χ1n) is 13.2. The number of rotatable bonds is 5. The molecule has 2 aliphatic heterocycles. The topological polar surface area (TPSA) is 119 Å². The van der Waals surface area contributed by atoms with Crippen LogP contribution in [0, 0.1) is 18.8 Å². The average molecular weight is 523 g/mol. The zero-order valence-corrected chi connectivity index (χ0v) is 22.2. The van der Waals surface area contributed by atoms with E-state index in [1.807, 2.05) is 56.3 Å². The highest BCUT2D eigenvalue weighted by atomic mass is 16.3. The van der Waals surface area contributed by atoms with E-state index in [-0.39, 0.29) is 11.7 Å². The average Bonchev–Trinajstić information content (AvgIpc) is 3.35. The molecule has 2 amide bonds. The number of primary amides is 1. The van der Waals surface area contributed by atoms with Crippen molar-refractivity contribution in [3.05, 3.63) is 70.8 Å². The number of nitrogens with zero attached hydrogens (tertiary/aromatic N) is 5. The molecule has 1 aliphatic carbocycles. The zero-order chi connectivity index (χ0) is 27.4. The van der Waals surface area contributed by atoms with Gasteiger partial charge in [0.1, 0.15) is 11.6 Å². The lowest BCUT2D eigenvalue weighted by Gasteiger charge is -2.35. The molecular formula is C30H30N6O3. The van der Waals surface area contributed by atoms with Crippen molar-refractivity contribution in [3.63, 3.8) is 0 Å². The molecule has 2 bridgehead atoms. The second-order valence-corrected chi connectivity index (χ2v) is 10.3. The molecule has 1 atom stereocenters. The van der Waals surface area contributed by atoms with Crippen molar-refractivity contribution in [2.24, 2.45) is 5.73 Å². The van der Waals surface area contributed by atoms with Gasteiger partial charge in [-0.1, -0.05) is 30.0 Å². The number of fused-ring (bicyclic) bond motifs is 1. The fraction of sp³-hybridized carbons (Fsp3) is 0.333. The summed E-state index contributed by atoms with van der Waals surface area (Å²) in [4.78, 5) is 35.8. The summed E-state index contributed by atoms with van der Waals surface area (Å²) >= 11 is 0. The van der Waals surface area contributed by atoms with Crippen LogP contribution >= 0.6 is 0 Å². The van der Waals surface area contributed by atoms with Crippen LogP contribution in [-0.2, 0) is 11.3 Å². The molecular weight excluding hydrogens is 492 g/mol. The number of aliphatic hydroxyl groups is 1. The summed E-state index contributed by atoms with van der Waals surface area (Å²) in [7, 11) is 1.63. The number of hydrogen-bond acceptors (Lipinski definition) is 5. The molecule has 3 N–H and O–H groups in total. The summed E-state index contributed by atoms with van der Waals surface area (Å²) in [5.74, 6) is 6.56. The van der Waals surface area contributed by atoms with Crippen LogP contribution in [0.1, 0.15) is 64.9 Å². The number of amides is 2. The number of benzene rings is 2. The number of hydrogen-bond donors (Lipinski definition) is 2. The van der Waals surface area contributed by atoms with Gasteiger partial charge in [0.05, 0.1) is 23.3 Å². The monoisotopic (exact) mass is 522 g/mol. The number of para-hydroxylation sites is 2. The largest absolute Gasteiger partial charge is 0.372 e. The number of imidazole rings is 2. The van der Waals surface area contributed by atoms with E-state index in [1.54, 1.807) is 7.05 Å². The van der Waals surface area contributed by atoms with Crippen LogP contribution in [0.25, 0.3) is 22.4 Å². The van der Waals surface area contributed by atoms with Gasteiger partial charge in [0.15, 0.2) is 11.8 Å². The lowest BCUT2D eigenvalue weighted by Crippen LogP contribution is -2.35. The van der Waals surface area contributed by atoms with E-state index < -0.39 is 17.9 Å². The molecule has 2 aromatic heterocycles. The van der Waals surface area contributed by atoms with Gasteiger partial charge < -0.3 is 24.9 Å². The van der Waals surface area contributed by atoms with Crippen molar-refractivity contribution in [3.8, 4) is 23.2 Å². The number of aliphatic hydroxyl groups excluding tert-OH is 1. The third-order valence-electron chi connectivity index (χ3n) is 8.05. The molecule has 0 saturated heterocycles. The number of carbonyl (C=O) groups is 2. The van der Waals surface area contributed by atoms with Crippen molar-refractivity contribution in [2.75, 3.05) is 13.6 Å². The van der Waals surface area contributed by atoms with Gasteiger partial charge in [-0.25, -0.2) is 9.97 Å². The third kappa shape index (κ3) is 4.08. The number of nitrogens with two attached hydrogens (primary N) is 1. The zero-order valence-electron chi connectivity index (χ0n) is 22.2. The van der Waals surface area contributed by atoms with Crippen LogP contribution in [0.4, 0.5) is 0 Å². The van der Waals surface area contributed by atoms with Crippen molar-refractivity contribution in [1.82, 2.24) is 24.0 Å². The van der Waals surface area contributed by atoms with Crippen molar-refractivity contribution >= 4 is 22.8 Å². The van der Waals surface area contributed by atoms with Gasteiger partial charge in [0, 0.05) is 30.8 Å². The first-order valence-corrected chi connectivity index (χ1v) is 13.2. The Labute approximate surface area is 226 Å². The van der Waals surface area contributed by atoms with Crippen LogP contribution in [0.2, 0.25) is 0 Å². The summed E-state index contributed by atoms with van der Waals surface area (Å²) in [5.41, 5.74) is 11.5. The molecule has 1 unspecified atom stereocenters. The van der Waals surface area contributed by atoms with Gasteiger partial charge in [0.25, 0.3) is 11.8 Å². The fourth-order valence-corrected chi connectivity index (χ4v) is 5.76. The summed E-state index contributed by atoms with van der Waals surface area (Å²) in [5, 5.41) is 10.3. The Morgan fingerprint density at radius 3 is 2.72 bits per heavy atom. The van der Waals surface area contributed by atoms with E-state index in [2.05, 4.69) is 21.0 Å². The van der Waals surface area contributed by atoms with Gasteiger partial charge >= 0.3 is 0 Å². The minimum atomic E-state index is -1.40. The van der Waals surface area contributed by atoms with E-state index in [0.717, 1.165) is 46.5 Å². The van der Waals surface area contributed by atoms with Crippen molar-refractivity contribution in [1.29, 1.82) is 0 Å². The molecule has 1 fully saturated rings. The van der Waals surface area contributed by atoms with Crippen LogP contribution < -0.4 is 5.73 Å². The second kappa shape index (κ2) is 9.40. The van der Waals surface area contributed by atoms with Crippen LogP contribution in [-0.4, -0.2) is 60.6 Å². The Hall–Kier alpha value is -4.42. The first-order chi connectivity index (χ1) is 18.8. The van der Waals surface area contributed by atoms with Gasteiger partial charge in [-0.2, -0.15) is 0 Å². The molecule has 39 heavy (non-hydrogen) atoms. The minimum Gasteiger partial charge on any atom is -0.372 e. The fourth-order valence-electron chi connectivity index (χ4n) is 5.76. The molecule has 198 valence electrons. The maximum atomic E-state index is 12.7. The molecule has 0 radical (unpaired) electrons. The van der Waals surface area contributed by atoms with E-state index in [1.165, 1.54) is 4.90 Å². The van der Waals surface area contributed by atoms with Crippen molar-refractivity contribution < 1.29 is 14.7 Å². The summed E-state index contributed by atoms with van der Waals surface area (Å²) in [6.07, 6.45) is 0.504. The van der Waals surface area contributed by atoms with Gasteiger partial charge in [-0.15, -0.1) is 0 Å². The van der Waals surface area contributed by atoms with Crippen LogP contribution in [0.15, 0.2) is 42.5 Å². The molecule has 4 heterocycles. The Balaban J connectivity index is 1.45. The standard InChI is InChI=1S/C30H30N6O3/c1-4-34(3)30(39)26(37)12-10-18-9-11-21-19-14-20(15-19)36-25(27(28(31)38)33-29(36)22(21)13-18)16-35-17(2)32-23-7-5-6-8-24(23)35/h5-9,11,13,19-20,26,37H,4,14-16H2,1-3H3,(H2,31,38). The van der Waals surface area contributed by atoms with Crippen molar-refractivity contribution in [2.45, 2.75) is 51.3 Å². The molecule has 2 aromatic carbocycles. The van der Waals surface area contributed by atoms with Gasteiger partial charge in [0.2, 0.25) is 0 Å². The molecule has 4 aromatic rings. The lowest BCUT2D eigenvalue weighted by atomic mass is 9.75. The predicted molar refractivity (Wildman–Crippen MR) is 147 cm³/mol. The number of likely N-dealkylation sites (N-methyl/N-ethyl adjacent to an activating group) is 1. The molecule has 0 spiro atoms. The quantitative estimate of drug-likeness (QED) is 0.391. The van der Waals surface area contributed by atoms with Crippen LogP contribution in [0.3, 0.4) is 0 Å². The third-order valence-corrected chi connectivity index (χ3v) is 8.05. The maximum absolute atomic E-state index is 12.7. The Morgan fingerprint density at radius 1 is 1.21 bits per heavy atom. The van der Waals surface area contributed by atoms with E-state index >= 15 is 0 Å². The van der Waals surface area contributed by atoms with E-state index in [4.69, 9.17) is 15.7 Å². The summed E-state index contributed by atoms with van der Waals surface area (Å²) < 4.78 is 4.28. The second-order valence-electron chi connectivity index (χ2n) is 10.3. The molecule has 1 saturated carbocycles. The summed E-state index contributed by atoms with van der Waals surface area (Å²) in [6.45, 7) is 4.71. The number of aromatic nitrogens is 4. The SMILES string of the molecule is CCN(C)C(=O)C(O)C#Cc1ccc2c(c1)-c1nc(C(N)=O)c(Cn3c(C)nc4ccccc43)n1C1CC2C1. The normalized spacial score (nSPS) is 17.7. The maximum Gasteiger partial charge on any atom is 0.269 e. The Bertz CT molecular complexity index is 1700. The molecule has 9 heteroatoms. The van der Waals surface area contributed by atoms with Crippen LogP contribution in [0.5, 0.6) is 0 Å². The van der Waals surface area contributed by atoms with Gasteiger partial charge in [-0.3, -0.25) is 9.59 Å². The number of carbonyl (C=O) groups excluding carboxylic acids is 2. The Morgan fingerprint density at radius 2 is 1.97 bits per heavy atom. The molecule has 3 aliphatic rings.